The number of aromatic nitrogens is 4. The molecule has 0 spiro atoms. The smallest absolute Gasteiger partial charge is 0.323 e. The molecule has 0 bridgehead atoms. The Hall–Kier alpha value is -3.33. The third-order valence-corrected chi connectivity index (χ3v) is 9.68. The number of benzene rings is 2. The summed E-state index contributed by atoms with van der Waals surface area (Å²) in [4.78, 5) is 25.5. The minimum Gasteiger partial charge on any atom is -0.462 e. The van der Waals surface area contributed by atoms with Crippen molar-refractivity contribution < 1.29 is 37.2 Å². The number of ether oxygens (including phenoxy) is 2. The van der Waals surface area contributed by atoms with Crippen LogP contribution in [0, 0.1) is 6.92 Å². The van der Waals surface area contributed by atoms with E-state index >= 15 is 8.78 Å². The first-order chi connectivity index (χ1) is 21.2. The van der Waals surface area contributed by atoms with Crippen molar-refractivity contribution in [3.8, 4) is 5.75 Å². The van der Waals surface area contributed by atoms with Gasteiger partial charge >= 0.3 is 12.6 Å². The zero-order valence-corrected chi connectivity index (χ0v) is 27.2. The Balaban J connectivity index is 1.45. The maximum Gasteiger partial charge on any atom is 0.323 e. The largest absolute Gasteiger partial charge is 0.462 e. The SMILES string of the molecule is CNc1nc(C)nc2c1ncn2[C@@H]1O[C@](F)(CO[P@@](=S)(N[C@H](C)C(=O)OC(C)C)Oc2cccc3ccccc23)[C@@H](O)[C@@]1(C)F. The molecule has 0 amide bonds. The molecule has 0 unspecified atom stereocenters. The molecule has 45 heavy (non-hydrogen) atoms. The van der Waals surface area contributed by atoms with Gasteiger partial charge in [0.2, 0.25) is 0 Å². The topological polar surface area (TPSA) is 142 Å². The van der Waals surface area contributed by atoms with Gasteiger partial charge in [0.1, 0.15) is 24.2 Å². The monoisotopic (exact) mass is 664 g/mol. The highest BCUT2D eigenvalue weighted by Crippen LogP contribution is 2.52. The van der Waals surface area contributed by atoms with Crippen LogP contribution >= 0.6 is 6.64 Å². The molecule has 1 fully saturated rings. The molecule has 4 aromatic rings. The van der Waals surface area contributed by atoms with Gasteiger partial charge in [-0.1, -0.05) is 36.4 Å². The molecule has 242 valence electrons. The van der Waals surface area contributed by atoms with E-state index in [0.29, 0.717) is 28.3 Å². The second-order valence-corrected chi connectivity index (χ2v) is 14.3. The molecule has 1 aliphatic rings. The number of carbonyl (C=O) groups excluding carboxylic acids is 1. The fourth-order valence-corrected chi connectivity index (χ4v) is 7.42. The summed E-state index contributed by atoms with van der Waals surface area (Å²) in [6.07, 6.45) is -3.20. The summed E-state index contributed by atoms with van der Waals surface area (Å²) in [5.41, 5.74) is -2.21. The lowest BCUT2D eigenvalue weighted by Crippen LogP contribution is -2.47. The van der Waals surface area contributed by atoms with Crippen molar-refractivity contribution in [3.05, 3.63) is 54.6 Å². The summed E-state index contributed by atoms with van der Waals surface area (Å²) in [6.45, 7) is 2.66. The quantitative estimate of drug-likeness (QED) is 0.149. The Bertz CT molecular complexity index is 1770. The summed E-state index contributed by atoms with van der Waals surface area (Å²) in [6, 6.07) is 11.6. The minimum absolute atomic E-state index is 0.168. The molecule has 3 heterocycles. The minimum atomic E-state index is -3.82. The summed E-state index contributed by atoms with van der Waals surface area (Å²) in [5.74, 6) is -2.70. The molecule has 0 saturated carbocycles. The molecule has 6 atom stereocenters. The fourth-order valence-electron chi connectivity index (χ4n) is 5.03. The van der Waals surface area contributed by atoms with Crippen LogP contribution in [0.15, 0.2) is 48.8 Å². The highest BCUT2D eigenvalue weighted by molar-refractivity contribution is 8.09. The predicted octanol–water partition coefficient (Wildman–Crippen LogP) is 4.86. The number of hydrogen-bond acceptors (Lipinski definition) is 11. The molecular formula is C29H35F2N6O6PS. The number of halogens is 2. The average molecular weight is 665 g/mol. The van der Waals surface area contributed by atoms with Crippen molar-refractivity contribution in [1.29, 1.82) is 0 Å². The number of nitrogens with one attached hydrogen (secondary N) is 2. The normalized spacial score (nSPS) is 25.4. The fraction of sp³-hybridized carbons (Fsp3) is 0.448. The van der Waals surface area contributed by atoms with Gasteiger partial charge in [0.15, 0.2) is 35.0 Å². The third-order valence-electron chi connectivity index (χ3n) is 7.21. The Morgan fingerprint density at radius 2 is 1.91 bits per heavy atom. The first kappa shape index (κ1) is 33.0. The highest BCUT2D eigenvalue weighted by Gasteiger charge is 2.65. The van der Waals surface area contributed by atoms with Gasteiger partial charge in [0.25, 0.3) is 5.85 Å². The Morgan fingerprint density at radius 3 is 2.62 bits per heavy atom. The molecule has 5 rings (SSSR count). The molecule has 2 aromatic heterocycles. The van der Waals surface area contributed by atoms with Crippen LogP contribution in [0.4, 0.5) is 14.6 Å². The zero-order valence-electron chi connectivity index (χ0n) is 25.5. The molecule has 1 saturated heterocycles. The second-order valence-electron chi connectivity index (χ2n) is 11.2. The highest BCUT2D eigenvalue weighted by atomic mass is 32.5. The summed E-state index contributed by atoms with van der Waals surface area (Å²) in [7, 11) is 1.64. The molecular weight excluding hydrogens is 629 g/mol. The van der Waals surface area contributed by atoms with Crippen molar-refractivity contribution in [2.45, 2.75) is 70.6 Å². The van der Waals surface area contributed by atoms with Gasteiger partial charge in [0, 0.05) is 12.4 Å². The molecule has 16 heteroatoms. The lowest BCUT2D eigenvalue weighted by Gasteiger charge is -2.30. The number of alkyl halides is 2. The van der Waals surface area contributed by atoms with Crippen LogP contribution in [0.2, 0.25) is 0 Å². The molecule has 3 N–H and O–H groups in total. The number of anilines is 1. The van der Waals surface area contributed by atoms with E-state index in [0.717, 1.165) is 12.3 Å². The number of rotatable bonds is 11. The Labute approximate surface area is 263 Å². The number of fused-ring (bicyclic) bond motifs is 2. The Morgan fingerprint density at radius 1 is 1.20 bits per heavy atom. The van der Waals surface area contributed by atoms with Gasteiger partial charge in [0.05, 0.1) is 12.4 Å². The van der Waals surface area contributed by atoms with Crippen molar-refractivity contribution >= 4 is 52.2 Å². The van der Waals surface area contributed by atoms with Crippen LogP contribution in [-0.2, 0) is 30.6 Å². The first-order valence-electron chi connectivity index (χ1n) is 14.2. The van der Waals surface area contributed by atoms with Crippen LogP contribution in [-0.4, -0.2) is 74.0 Å². The van der Waals surface area contributed by atoms with Crippen LogP contribution in [0.25, 0.3) is 21.9 Å². The summed E-state index contributed by atoms with van der Waals surface area (Å²) < 4.78 is 56.9. The molecule has 2 aromatic carbocycles. The first-order valence-corrected chi connectivity index (χ1v) is 16.8. The van der Waals surface area contributed by atoms with Crippen LogP contribution in [0.5, 0.6) is 5.75 Å². The van der Waals surface area contributed by atoms with E-state index in [1.807, 2.05) is 24.3 Å². The van der Waals surface area contributed by atoms with Crippen molar-refractivity contribution in [1.82, 2.24) is 24.6 Å². The van der Waals surface area contributed by atoms with Crippen molar-refractivity contribution in [2.24, 2.45) is 0 Å². The predicted molar refractivity (Wildman–Crippen MR) is 168 cm³/mol. The van der Waals surface area contributed by atoms with Crippen LogP contribution in [0.3, 0.4) is 0 Å². The van der Waals surface area contributed by atoms with Gasteiger partial charge in [-0.25, -0.2) is 28.8 Å². The number of esters is 1. The van der Waals surface area contributed by atoms with E-state index in [4.69, 9.17) is 30.3 Å². The molecule has 12 nitrogen and oxygen atoms in total. The second kappa shape index (κ2) is 12.5. The number of nitrogens with zero attached hydrogens (tertiary/aromatic N) is 4. The Kier molecular flexibility index (Phi) is 9.15. The van der Waals surface area contributed by atoms with E-state index in [9.17, 15) is 9.90 Å². The third kappa shape index (κ3) is 6.51. The van der Waals surface area contributed by atoms with E-state index in [1.54, 1.807) is 46.0 Å². The van der Waals surface area contributed by atoms with Crippen molar-refractivity contribution in [3.63, 3.8) is 0 Å². The lowest BCUT2D eigenvalue weighted by atomic mass is 9.97. The number of hydrogen-bond donors (Lipinski definition) is 3. The maximum atomic E-state index is 16.5. The summed E-state index contributed by atoms with van der Waals surface area (Å²) >= 11 is 5.76. The molecule has 0 aliphatic carbocycles. The van der Waals surface area contributed by atoms with Gasteiger partial charge in [-0.2, -0.15) is 0 Å². The van der Waals surface area contributed by atoms with Gasteiger partial charge in [-0.3, -0.25) is 9.36 Å². The number of aliphatic hydroxyl groups is 1. The van der Waals surface area contributed by atoms with Gasteiger partial charge in [-0.15, -0.1) is 0 Å². The van der Waals surface area contributed by atoms with E-state index in [2.05, 4.69) is 25.4 Å². The van der Waals surface area contributed by atoms with Crippen LogP contribution in [0.1, 0.15) is 39.7 Å². The van der Waals surface area contributed by atoms with Crippen molar-refractivity contribution in [2.75, 3.05) is 19.0 Å². The number of aliphatic hydroxyl groups excluding tert-OH is 1. The van der Waals surface area contributed by atoms with Gasteiger partial charge in [-0.05, 0) is 57.9 Å². The van der Waals surface area contributed by atoms with E-state index in [-0.39, 0.29) is 5.65 Å². The van der Waals surface area contributed by atoms with E-state index < -0.39 is 55.2 Å². The standard InChI is InChI=1S/C29H35F2N6O6PS/c1-16(2)41-25(38)17(3)36-44(45,43-21-13-9-11-19-10-7-8-12-20(19)21)40-14-29(31)26(39)28(5,30)27(42-29)37-15-33-22-23(32-6)34-18(4)35-24(22)37/h7-13,15-17,26-27,39H,14H2,1-6H3,(H,36,45)(H,32,34,35)/t17-,26+,27-,28-,29-,44+/m1/s1. The zero-order chi connectivity index (χ0) is 32.7. The lowest BCUT2D eigenvalue weighted by molar-refractivity contribution is -0.202. The summed E-state index contributed by atoms with van der Waals surface area (Å²) in [5, 5.41) is 18.2. The average Bonchev–Trinajstić information content (AvgIpc) is 3.48. The van der Waals surface area contributed by atoms with Gasteiger partial charge < -0.3 is 28.9 Å². The number of aryl methyl sites for hydroxylation is 1. The maximum absolute atomic E-state index is 16.5. The number of carbonyl (C=O) groups is 1. The van der Waals surface area contributed by atoms with Crippen LogP contribution < -0.4 is 14.9 Å². The molecule has 0 radical (unpaired) electrons. The van der Waals surface area contributed by atoms with E-state index in [1.165, 1.54) is 17.8 Å². The molecule has 1 aliphatic heterocycles. The number of imidazole rings is 1.